The maximum atomic E-state index is 12.6. The lowest BCUT2D eigenvalue weighted by Gasteiger charge is -2.19. The topological polar surface area (TPSA) is 96.8 Å². The zero-order valence-electron chi connectivity index (χ0n) is 21.3. The molecular formula is C29H29N7O. The van der Waals surface area contributed by atoms with Crippen LogP contribution in [0.4, 0.5) is 27.7 Å². The minimum Gasteiger partial charge on any atom is -0.340 e. The summed E-state index contributed by atoms with van der Waals surface area (Å²) >= 11 is 0. The molecule has 3 N–H and O–H groups in total. The van der Waals surface area contributed by atoms with Crippen molar-refractivity contribution in [2.24, 2.45) is 7.05 Å². The van der Waals surface area contributed by atoms with Gasteiger partial charge in [-0.3, -0.25) is 4.68 Å². The molecule has 0 aliphatic carbocycles. The molecule has 0 aliphatic rings. The number of nitrogens with zero attached hydrogens (tertiary/aromatic N) is 4. The van der Waals surface area contributed by atoms with Gasteiger partial charge in [-0.1, -0.05) is 45.0 Å². The van der Waals surface area contributed by atoms with Crippen molar-refractivity contribution in [2.45, 2.75) is 26.2 Å². The number of anilines is 4. The van der Waals surface area contributed by atoms with Gasteiger partial charge < -0.3 is 16.0 Å². The Labute approximate surface area is 215 Å². The molecule has 0 radical (unpaired) electrons. The predicted molar refractivity (Wildman–Crippen MR) is 149 cm³/mol. The number of aromatic nitrogens is 4. The minimum absolute atomic E-state index is 0.0604. The zero-order valence-corrected chi connectivity index (χ0v) is 21.3. The first-order chi connectivity index (χ1) is 17.7. The predicted octanol–water partition coefficient (Wildman–Crippen LogP) is 6.72. The maximum Gasteiger partial charge on any atom is 0.323 e. The van der Waals surface area contributed by atoms with Crippen LogP contribution in [0.1, 0.15) is 26.3 Å². The van der Waals surface area contributed by atoms with Crippen molar-refractivity contribution in [1.82, 2.24) is 19.7 Å². The number of amides is 2. The molecule has 0 aliphatic heterocycles. The Balaban J connectivity index is 1.29. The average Bonchev–Trinajstić information content (AvgIpc) is 3.30. The first kappa shape index (κ1) is 24.0. The van der Waals surface area contributed by atoms with Crippen LogP contribution in [0, 0.1) is 0 Å². The van der Waals surface area contributed by atoms with Crippen molar-refractivity contribution in [1.29, 1.82) is 0 Å². The van der Waals surface area contributed by atoms with Crippen molar-refractivity contribution < 1.29 is 4.79 Å². The fraction of sp³-hybridized carbons (Fsp3) is 0.172. The second-order valence-electron chi connectivity index (χ2n) is 9.97. The molecule has 3 aromatic carbocycles. The van der Waals surface area contributed by atoms with Crippen molar-refractivity contribution >= 4 is 39.8 Å². The number of rotatable bonds is 5. The lowest BCUT2D eigenvalue weighted by atomic mass is 9.87. The highest BCUT2D eigenvalue weighted by Gasteiger charge is 2.13. The van der Waals surface area contributed by atoms with E-state index in [-0.39, 0.29) is 11.4 Å². The van der Waals surface area contributed by atoms with Gasteiger partial charge in [-0.25, -0.2) is 14.8 Å². The fourth-order valence-corrected chi connectivity index (χ4v) is 4.06. The minimum atomic E-state index is -0.309. The molecule has 2 amide bonds. The standard InChI is InChI=1S/C29H29N7O/c1-29(2,3)21-9-11-22(12-10-21)34-28(37)35-24-7-5-6-23(15-24)33-27-25-13-8-19(14-26(25)30-18-31-27)20-16-32-36(4)17-20/h5-18H,1-4H3,(H,30,31,33)(H2,34,35,37). The van der Waals surface area contributed by atoms with Crippen molar-refractivity contribution in [3.63, 3.8) is 0 Å². The van der Waals surface area contributed by atoms with Crippen LogP contribution in [-0.2, 0) is 12.5 Å². The van der Waals surface area contributed by atoms with Gasteiger partial charge in [-0.2, -0.15) is 5.10 Å². The van der Waals surface area contributed by atoms with E-state index in [2.05, 4.69) is 51.8 Å². The number of benzene rings is 3. The molecule has 0 spiro atoms. The number of carbonyl (C=O) groups is 1. The third-order valence-corrected chi connectivity index (χ3v) is 6.07. The third kappa shape index (κ3) is 5.59. The maximum absolute atomic E-state index is 12.6. The van der Waals surface area contributed by atoms with E-state index in [4.69, 9.17) is 0 Å². The normalized spacial score (nSPS) is 11.4. The molecule has 8 nitrogen and oxygen atoms in total. The van der Waals surface area contributed by atoms with Gasteiger partial charge in [0.15, 0.2) is 0 Å². The number of urea groups is 1. The molecule has 0 fully saturated rings. The van der Waals surface area contributed by atoms with Gasteiger partial charge in [-0.15, -0.1) is 0 Å². The highest BCUT2D eigenvalue weighted by atomic mass is 16.2. The molecule has 2 heterocycles. The number of fused-ring (bicyclic) bond motifs is 1. The van der Waals surface area contributed by atoms with Crippen LogP contribution in [0.15, 0.2) is 85.5 Å². The van der Waals surface area contributed by atoms with E-state index >= 15 is 0 Å². The van der Waals surface area contributed by atoms with Gasteiger partial charge in [-0.05, 0) is 59.0 Å². The number of aryl methyl sites for hydroxylation is 1. The van der Waals surface area contributed by atoms with E-state index in [0.29, 0.717) is 11.5 Å². The lowest BCUT2D eigenvalue weighted by Crippen LogP contribution is -2.19. The number of carbonyl (C=O) groups excluding carboxylic acids is 1. The van der Waals surface area contributed by atoms with E-state index in [9.17, 15) is 4.79 Å². The Hall–Kier alpha value is -4.72. The molecule has 2 aromatic heterocycles. The van der Waals surface area contributed by atoms with Crippen LogP contribution in [0.5, 0.6) is 0 Å². The number of hydrogen-bond donors (Lipinski definition) is 3. The molecule has 0 unspecified atom stereocenters. The number of hydrogen-bond acceptors (Lipinski definition) is 5. The summed E-state index contributed by atoms with van der Waals surface area (Å²) in [5.74, 6) is 0.684. The van der Waals surface area contributed by atoms with Gasteiger partial charge in [0.1, 0.15) is 12.1 Å². The zero-order chi connectivity index (χ0) is 26.0. The molecule has 37 heavy (non-hydrogen) atoms. The lowest BCUT2D eigenvalue weighted by molar-refractivity contribution is 0.262. The summed E-state index contributed by atoms with van der Waals surface area (Å²) in [5.41, 5.74) is 6.35. The van der Waals surface area contributed by atoms with E-state index in [1.54, 1.807) is 4.68 Å². The smallest absolute Gasteiger partial charge is 0.323 e. The monoisotopic (exact) mass is 491 g/mol. The summed E-state index contributed by atoms with van der Waals surface area (Å²) in [4.78, 5) is 21.5. The average molecular weight is 492 g/mol. The first-order valence-electron chi connectivity index (χ1n) is 12.0. The molecule has 0 saturated carbocycles. The largest absolute Gasteiger partial charge is 0.340 e. The number of nitrogens with one attached hydrogen (secondary N) is 3. The van der Waals surface area contributed by atoms with Gasteiger partial charge in [0.05, 0.1) is 11.7 Å². The van der Waals surface area contributed by atoms with Crippen LogP contribution in [0.25, 0.3) is 22.0 Å². The second kappa shape index (κ2) is 9.73. The third-order valence-electron chi connectivity index (χ3n) is 6.07. The first-order valence-corrected chi connectivity index (χ1v) is 12.0. The van der Waals surface area contributed by atoms with Gasteiger partial charge >= 0.3 is 6.03 Å². The van der Waals surface area contributed by atoms with Gasteiger partial charge in [0.25, 0.3) is 0 Å². The summed E-state index contributed by atoms with van der Waals surface area (Å²) in [6.45, 7) is 6.48. The molecule has 186 valence electrons. The quantitative estimate of drug-likeness (QED) is 0.254. The highest BCUT2D eigenvalue weighted by molar-refractivity contribution is 6.00. The Bertz CT molecular complexity index is 1570. The van der Waals surface area contributed by atoms with E-state index in [0.717, 1.165) is 33.4 Å². The second-order valence-corrected chi connectivity index (χ2v) is 9.97. The summed E-state index contributed by atoms with van der Waals surface area (Å²) in [5, 5.41) is 14.3. The summed E-state index contributed by atoms with van der Waals surface area (Å²) in [6, 6.07) is 21.1. The summed E-state index contributed by atoms with van der Waals surface area (Å²) in [6.07, 6.45) is 5.34. The Morgan fingerprint density at radius 1 is 0.838 bits per heavy atom. The molecule has 5 aromatic rings. The fourth-order valence-electron chi connectivity index (χ4n) is 4.06. The van der Waals surface area contributed by atoms with Crippen LogP contribution in [0.2, 0.25) is 0 Å². The van der Waals surface area contributed by atoms with Crippen molar-refractivity contribution in [3.05, 3.63) is 91.0 Å². The van der Waals surface area contributed by atoms with E-state index in [1.807, 2.05) is 86.2 Å². The molecular weight excluding hydrogens is 462 g/mol. The molecule has 8 heteroatoms. The van der Waals surface area contributed by atoms with Gasteiger partial charge in [0, 0.05) is 41.3 Å². The van der Waals surface area contributed by atoms with Gasteiger partial charge in [0.2, 0.25) is 0 Å². The molecule has 0 atom stereocenters. The van der Waals surface area contributed by atoms with E-state index < -0.39 is 0 Å². The van der Waals surface area contributed by atoms with Crippen LogP contribution in [0.3, 0.4) is 0 Å². The SMILES string of the molecule is Cn1cc(-c2ccc3c(Nc4cccc(NC(=O)Nc5ccc(C(C)(C)C)cc5)c4)ncnc3c2)cn1. The Kier molecular flexibility index (Phi) is 6.31. The summed E-state index contributed by atoms with van der Waals surface area (Å²) in [7, 11) is 1.89. The Morgan fingerprint density at radius 2 is 1.59 bits per heavy atom. The van der Waals surface area contributed by atoms with Crippen LogP contribution < -0.4 is 16.0 Å². The van der Waals surface area contributed by atoms with Crippen molar-refractivity contribution in [2.75, 3.05) is 16.0 Å². The van der Waals surface area contributed by atoms with E-state index in [1.165, 1.54) is 11.9 Å². The molecule has 0 bridgehead atoms. The molecule has 0 saturated heterocycles. The van der Waals surface area contributed by atoms with Crippen LogP contribution in [-0.4, -0.2) is 25.8 Å². The van der Waals surface area contributed by atoms with Crippen molar-refractivity contribution in [3.8, 4) is 11.1 Å². The van der Waals surface area contributed by atoms with Crippen LogP contribution >= 0.6 is 0 Å². The Morgan fingerprint density at radius 3 is 2.32 bits per heavy atom. The highest BCUT2D eigenvalue weighted by Crippen LogP contribution is 2.28. The molecule has 5 rings (SSSR count). The summed E-state index contributed by atoms with van der Waals surface area (Å²) < 4.78 is 1.77.